The molecule has 4 heteroatoms. The summed E-state index contributed by atoms with van der Waals surface area (Å²) in [6, 6.07) is 3.83. The predicted molar refractivity (Wildman–Crippen MR) is 74.6 cm³/mol. The van der Waals surface area contributed by atoms with Gasteiger partial charge in [0.1, 0.15) is 11.6 Å². The zero-order valence-corrected chi connectivity index (χ0v) is 12.1. The van der Waals surface area contributed by atoms with Crippen molar-refractivity contribution in [3.63, 3.8) is 0 Å². The number of hydrogen-bond acceptors (Lipinski definition) is 3. The maximum atomic E-state index is 12.9. The lowest BCUT2D eigenvalue weighted by molar-refractivity contribution is 0.117. The number of phenols is 1. The van der Waals surface area contributed by atoms with Gasteiger partial charge in [-0.05, 0) is 24.8 Å². The molecule has 0 aliphatic rings. The zero-order valence-electron chi connectivity index (χ0n) is 12.1. The van der Waals surface area contributed by atoms with Gasteiger partial charge in [-0.2, -0.15) is 0 Å². The van der Waals surface area contributed by atoms with Gasteiger partial charge in [-0.3, -0.25) is 0 Å². The summed E-state index contributed by atoms with van der Waals surface area (Å²) in [5.41, 5.74) is 0.701. The molecule has 2 atom stereocenters. The van der Waals surface area contributed by atoms with Gasteiger partial charge in [0.15, 0.2) is 0 Å². The summed E-state index contributed by atoms with van der Waals surface area (Å²) in [6.45, 7) is 8.54. The molecule has 0 heterocycles. The van der Waals surface area contributed by atoms with E-state index in [-0.39, 0.29) is 17.2 Å². The van der Waals surface area contributed by atoms with Crippen molar-refractivity contribution in [2.24, 2.45) is 5.41 Å². The number of phenolic OH excluding ortho intramolecular Hbond substituents is 1. The van der Waals surface area contributed by atoms with E-state index >= 15 is 0 Å². The summed E-state index contributed by atoms with van der Waals surface area (Å²) in [5, 5.41) is 22.7. The van der Waals surface area contributed by atoms with Crippen molar-refractivity contribution < 1.29 is 14.6 Å². The molecule has 2 unspecified atom stereocenters. The Labute approximate surface area is 114 Å². The summed E-state index contributed by atoms with van der Waals surface area (Å²) >= 11 is 0. The SMILES string of the molecule is CC(NCC(O)CC(C)(C)C)c1ccc(F)cc1O. The standard InChI is InChI=1S/C15H24FNO2/c1-10(13-6-5-11(16)7-14(13)19)17-9-12(18)8-15(2,3)4/h5-7,10,12,17-19H,8-9H2,1-4H3. The number of aliphatic hydroxyl groups is 1. The average molecular weight is 269 g/mol. The van der Waals surface area contributed by atoms with Gasteiger partial charge in [0.05, 0.1) is 6.10 Å². The predicted octanol–water partition coefficient (Wildman–Crippen LogP) is 2.98. The fourth-order valence-corrected chi connectivity index (χ4v) is 2.08. The van der Waals surface area contributed by atoms with Crippen molar-refractivity contribution in [1.82, 2.24) is 5.32 Å². The van der Waals surface area contributed by atoms with Crippen LogP contribution >= 0.6 is 0 Å². The number of aromatic hydroxyl groups is 1. The Morgan fingerprint density at radius 3 is 2.47 bits per heavy atom. The lowest BCUT2D eigenvalue weighted by atomic mass is 9.89. The molecule has 0 aliphatic heterocycles. The van der Waals surface area contributed by atoms with Crippen LogP contribution in [0.2, 0.25) is 0 Å². The van der Waals surface area contributed by atoms with Gasteiger partial charge >= 0.3 is 0 Å². The van der Waals surface area contributed by atoms with Crippen molar-refractivity contribution in [2.75, 3.05) is 6.54 Å². The molecule has 3 nitrogen and oxygen atoms in total. The first-order valence-corrected chi connectivity index (χ1v) is 6.59. The van der Waals surface area contributed by atoms with Gasteiger partial charge in [-0.15, -0.1) is 0 Å². The molecule has 0 bridgehead atoms. The van der Waals surface area contributed by atoms with Crippen LogP contribution in [0.1, 0.15) is 45.7 Å². The minimum absolute atomic E-state index is 0.0645. The maximum Gasteiger partial charge on any atom is 0.126 e. The van der Waals surface area contributed by atoms with Crippen LogP contribution in [0.5, 0.6) is 5.75 Å². The molecule has 0 aliphatic carbocycles. The molecular weight excluding hydrogens is 245 g/mol. The van der Waals surface area contributed by atoms with Gasteiger partial charge in [-0.25, -0.2) is 4.39 Å². The van der Waals surface area contributed by atoms with E-state index in [9.17, 15) is 14.6 Å². The Morgan fingerprint density at radius 2 is 1.95 bits per heavy atom. The number of rotatable bonds is 5. The fraction of sp³-hybridized carbons (Fsp3) is 0.600. The highest BCUT2D eigenvalue weighted by molar-refractivity contribution is 5.34. The highest BCUT2D eigenvalue weighted by atomic mass is 19.1. The third kappa shape index (κ3) is 5.57. The van der Waals surface area contributed by atoms with Crippen molar-refractivity contribution in [1.29, 1.82) is 0 Å². The lowest BCUT2D eigenvalue weighted by Gasteiger charge is -2.24. The van der Waals surface area contributed by atoms with Gasteiger partial charge in [0.2, 0.25) is 0 Å². The quantitative estimate of drug-likeness (QED) is 0.770. The minimum Gasteiger partial charge on any atom is -0.508 e. The van der Waals surface area contributed by atoms with E-state index in [0.717, 1.165) is 6.07 Å². The van der Waals surface area contributed by atoms with Crippen LogP contribution in [0.25, 0.3) is 0 Å². The van der Waals surface area contributed by atoms with E-state index in [4.69, 9.17) is 0 Å². The summed E-state index contributed by atoms with van der Waals surface area (Å²) in [4.78, 5) is 0. The Bertz CT molecular complexity index is 415. The Morgan fingerprint density at radius 1 is 1.32 bits per heavy atom. The molecule has 0 saturated carbocycles. The third-order valence-electron chi connectivity index (χ3n) is 2.97. The normalized spacial score (nSPS) is 15.3. The van der Waals surface area contributed by atoms with Crippen LogP contribution in [0.15, 0.2) is 18.2 Å². The monoisotopic (exact) mass is 269 g/mol. The molecule has 1 rings (SSSR count). The largest absolute Gasteiger partial charge is 0.508 e. The summed E-state index contributed by atoms with van der Waals surface area (Å²) in [7, 11) is 0. The first kappa shape index (κ1) is 15.9. The van der Waals surface area contributed by atoms with Crippen LogP contribution < -0.4 is 5.32 Å². The Kier molecular flexibility index (Phi) is 5.32. The highest BCUT2D eigenvalue weighted by Crippen LogP contribution is 2.25. The molecule has 108 valence electrons. The molecule has 1 aromatic rings. The fourth-order valence-electron chi connectivity index (χ4n) is 2.08. The molecule has 0 amide bonds. The van der Waals surface area contributed by atoms with Crippen molar-refractivity contribution in [3.8, 4) is 5.75 Å². The third-order valence-corrected chi connectivity index (χ3v) is 2.97. The molecule has 3 N–H and O–H groups in total. The van der Waals surface area contributed by atoms with Crippen LogP contribution in [0.3, 0.4) is 0 Å². The number of halogens is 1. The number of aliphatic hydroxyl groups excluding tert-OH is 1. The van der Waals surface area contributed by atoms with Crippen LogP contribution in [-0.4, -0.2) is 22.9 Å². The molecule has 0 saturated heterocycles. The maximum absolute atomic E-state index is 12.9. The van der Waals surface area contributed by atoms with E-state index in [1.807, 2.05) is 6.92 Å². The Hall–Kier alpha value is -1.13. The minimum atomic E-state index is -0.457. The molecule has 19 heavy (non-hydrogen) atoms. The second kappa shape index (κ2) is 6.35. The van der Waals surface area contributed by atoms with Gasteiger partial charge in [0, 0.05) is 24.2 Å². The number of nitrogens with one attached hydrogen (secondary N) is 1. The second-order valence-corrected chi connectivity index (χ2v) is 6.25. The topological polar surface area (TPSA) is 52.5 Å². The van der Waals surface area contributed by atoms with Crippen LogP contribution in [-0.2, 0) is 0 Å². The van der Waals surface area contributed by atoms with E-state index < -0.39 is 11.9 Å². The molecule has 0 radical (unpaired) electrons. The molecule has 0 fully saturated rings. The lowest BCUT2D eigenvalue weighted by Crippen LogP contribution is -2.31. The van der Waals surface area contributed by atoms with Crippen molar-refractivity contribution in [3.05, 3.63) is 29.6 Å². The smallest absolute Gasteiger partial charge is 0.126 e. The molecular formula is C15H24FNO2. The zero-order chi connectivity index (χ0) is 14.6. The second-order valence-electron chi connectivity index (χ2n) is 6.25. The van der Waals surface area contributed by atoms with Gasteiger partial charge in [0.25, 0.3) is 0 Å². The summed E-state index contributed by atoms with van der Waals surface area (Å²) in [6.07, 6.45) is 0.257. The van der Waals surface area contributed by atoms with E-state index in [1.165, 1.54) is 6.07 Å². The summed E-state index contributed by atoms with van der Waals surface area (Å²) < 4.78 is 12.9. The molecule has 1 aromatic carbocycles. The van der Waals surface area contributed by atoms with Crippen LogP contribution in [0, 0.1) is 11.2 Å². The van der Waals surface area contributed by atoms with Crippen molar-refractivity contribution in [2.45, 2.75) is 46.3 Å². The average Bonchev–Trinajstić information content (AvgIpc) is 2.23. The first-order valence-electron chi connectivity index (χ1n) is 6.59. The van der Waals surface area contributed by atoms with Gasteiger partial charge in [-0.1, -0.05) is 26.8 Å². The number of hydrogen-bond donors (Lipinski definition) is 3. The van der Waals surface area contributed by atoms with Crippen molar-refractivity contribution >= 4 is 0 Å². The highest BCUT2D eigenvalue weighted by Gasteiger charge is 2.18. The molecule has 0 aromatic heterocycles. The first-order chi connectivity index (χ1) is 8.69. The van der Waals surface area contributed by atoms with Gasteiger partial charge < -0.3 is 15.5 Å². The van der Waals surface area contributed by atoms with E-state index in [2.05, 4.69) is 26.1 Å². The van der Waals surface area contributed by atoms with Crippen LogP contribution in [0.4, 0.5) is 4.39 Å². The number of benzene rings is 1. The summed E-state index contributed by atoms with van der Waals surface area (Å²) in [5.74, 6) is -0.522. The molecule has 0 spiro atoms. The van der Waals surface area contributed by atoms with E-state index in [1.54, 1.807) is 6.07 Å². The Balaban J connectivity index is 2.53. The van der Waals surface area contributed by atoms with E-state index in [0.29, 0.717) is 18.5 Å².